The first-order valence-corrected chi connectivity index (χ1v) is 11.7. The molecule has 1 aliphatic heterocycles. The largest absolute Gasteiger partial charge is 0.478 e. The van der Waals surface area contributed by atoms with Gasteiger partial charge in [-0.05, 0) is 90.7 Å². The van der Waals surface area contributed by atoms with Crippen LogP contribution in [0, 0.1) is 47.3 Å². The molecule has 0 radical (unpaired) electrons. The molecule has 1 N–H and O–H groups in total. The molecular formula is C26H30O4. The van der Waals surface area contributed by atoms with E-state index in [4.69, 9.17) is 14.6 Å². The topological polar surface area (TPSA) is 55.8 Å². The number of carboxylic acids is 1. The lowest BCUT2D eigenvalue weighted by Crippen LogP contribution is -2.55. The van der Waals surface area contributed by atoms with Crippen LogP contribution in [0.3, 0.4) is 0 Å². The lowest BCUT2D eigenvalue weighted by Gasteiger charge is -2.59. The molecule has 3 saturated carbocycles. The molecule has 0 spiro atoms. The molecule has 6 aliphatic rings. The number of ether oxygens (including phenoxy) is 2. The summed E-state index contributed by atoms with van der Waals surface area (Å²) in [6.45, 7) is 0.342. The van der Waals surface area contributed by atoms with Crippen molar-refractivity contribution in [2.45, 2.75) is 38.5 Å². The second-order valence-corrected chi connectivity index (χ2v) is 9.98. The second-order valence-electron chi connectivity index (χ2n) is 9.98. The molecule has 1 aromatic rings. The molecule has 4 bridgehead atoms. The zero-order valence-electron chi connectivity index (χ0n) is 17.3. The van der Waals surface area contributed by atoms with Gasteiger partial charge in [0, 0.05) is 6.08 Å². The number of aliphatic carboxylic acids is 1. The van der Waals surface area contributed by atoms with Crippen LogP contribution < -0.4 is 9.47 Å². The maximum Gasteiger partial charge on any atom is 0.327 e. The Morgan fingerprint density at radius 2 is 1.90 bits per heavy atom. The minimum absolute atomic E-state index is 0.342. The average molecular weight is 407 g/mol. The van der Waals surface area contributed by atoms with E-state index in [2.05, 4.69) is 24.3 Å². The van der Waals surface area contributed by atoms with E-state index in [-0.39, 0.29) is 0 Å². The van der Waals surface area contributed by atoms with Gasteiger partial charge in [0.05, 0.1) is 0 Å². The molecule has 3 fully saturated rings. The summed E-state index contributed by atoms with van der Waals surface area (Å²) < 4.78 is 10.9. The summed E-state index contributed by atoms with van der Waals surface area (Å²) in [4.78, 5) is 11.1. The summed E-state index contributed by atoms with van der Waals surface area (Å²) in [5.41, 5.74) is 1.34. The van der Waals surface area contributed by atoms with Crippen LogP contribution in [0.1, 0.15) is 37.7 Å². The maximum absolute atomic E-state index is 11.1. The highest BCUT2D eigenvalue weighted by atomic mass is 16.7. The smallest absolute Gasteiger partial charge is 0.327 e. The fraction of sp³-hybridized carbons (Fsp3) is 0.577. The number of allylic oxidation sites excluding steroid dienone is 3. The summed E-state index contributed by atoms with van der Waals surface area (Å²) >= 11 is 0. The molecule has 4 nitrogen and oxygen atoms in total. The Morgan fingerprint density at radius 3 is 2.80 bits per heavy atom. The Morgan fingerprint density at radius 1 is 1.03 bits per heavy atom. The highest BCUT2D eigenvalue weighted by Crippen LogP contribution is 2.72. The minimum atomic E-state index is -0.804. The number of fused-ring (bicyclic) bond motifs is 1. The molecule has 1 aromatic carbocycles. The number of carbonyl (C=O) groups is 1. The van der Waals surface area contributed by atoms with E-state index >= 15 is 0 Å². The standard InChI is InChI=1S/C26H30O4/c27-24(28)11-9-16-18-7-8-19-20(16)13-21-17(25(18)26(19)21)5-3-1-2-4-15-6-10-22-23(12-15)30-14-29-22/h6-12,16-21,25-26H,1-5,13-14H2,(H,27,28). The van der Waals surface area contributed by atoms with Gasteiger partial charge in [0.2, 0.25) is 6.79 Å². The van der Waals surface area contributed by atoms with Crippen molar-refractivity contribution in [2.24, 2.45) is 47.3 Å². The van der Waals surface area contributed by atoms with Crippen LogP contribution in [-0.4, -0.2) is 17.9 Å². The third-order valence-corrected chi connectivity index (χ3v) is 8.81. The first-order valence-electron chi connectivity index (χ1n) is 11.7. The van der Waals surface area contributed by atoms with Crippen molar-refractivity contribution >= 4 is 5.97 Å². The second kappa shape index (κ2) is 7.18. The van der Waals surface area contributed by atoms with E-state index in [1.54, 1.807) is 0 Å². The number of hydrogen-bond donors (Lipinski definition) is 1. The zero-order valence-corrected chi connectivity index (χ0v) is 17.3. The van der Waals surface area contributed by atoms with Crippen LogP contribution in [0.4, 0.5) is 0 Å². The number of aryl methyl sites for hydroxylation is 1. The lowest BCUT2D eigenvalue weighted by atomic mass is 9.45. The van der Waals surface area contributed by atoms with Crippen molar-refractivity contribution in [3.63, 3.8) is 0 Å². The SMILES string of the molecule is O=C(O)C=CC1C2C=CC3C1CC1C(CCCCCc4ccc5c(c4)OCO5)C2C31. The molecule has 8 atom stereocenters. The van der Waals surface area contributed by atoms with E-state index in [9.17, 15) is 4.79 Å². The molecule has 0 aromatic heterocycles. The average Bonchev–Trinajstić information content (AvgIpc) is 3.28. The van der Waals surface area contributed by atoms with Gasteiger partial charge in [-0.2, -0.15) is 0 Å². The number of rotatable bonds is 8. The Hall–Kier alpha value is -2.23. The van der Waals surface area contributed by atoms with Gasteiger partial charge in [-0.1, -0.05) is 37.1 Å². The van der Waals surface area contributed by atoms with Crippen LogP contribution in [0.15, 0.2) is 42.5 Å². The van der Waals surface area contributed by atoms with Crippen LogP contribution in [0.2, 0.25) is 0 Å². The van der Waals surface area contributed by atoms with Gasteiger partial charge in [-0.15, -0.1) is 0 Å². The van der Waals surface area contributed by atoms with Crippen LogP contribution >= 0.6 is 0 Å². The van der Waals surface area contributed by atoms with Crippen molar-refractivity contribution < 1.29 is 19.4 Å². The highest BCUT2D eigenvalue weighted by molar-refractivity contribution is 5.79. The van der Waals surface area contributed by atoms with Crippen molar-refractivity contribution in [3.05, 3.63) is 48.1 Å². The molecule has 1 heterocycles. The monoisotopic (exact) mass is 406 g/mol. The van der Waals surface area contributed by atoms with Gasteiger partial charge in [0.1, 0.15) is 0 Å². The van der Waals surface area contributed by atoms with E-state index < -0.39 is 5.97 Å². The predicted octanol–water partition coefficient (Wildman–Crippen LogP) is 5.09. The number of hydrogen-bond acceptors (Lipinski definition) is 3. The third-order valence-electron chi connectivity index (χ3n) is 8.81. The van der Waals surface area contributed by atoms with Gasteiger partial charge in [-0.25, -0.2) is 4.79 Å². The Labute approximate surface area is 178 Å². The van der Waals surface area contributed by atoms with Crippen LogP contribution in [0.5, 0.6) is 11.5 Å². The Kier molecular flexibility index (Phi) is 4.43. The summed E-state index contributed by atoms with van der Waals surface area (Å²) in [5.74, 6) is 6.87. The maximum atomic E-state index is 11.1. The van der Waals surface area contributed by atoms with Crippen molar-refractivity contribution in [1.29, 1.82) is 0 Å². The first kappa shape index (κ1) is 18.5. The fourth-order valence-corrected chi connectivity index (χ4v) is 7.76. The lowest BCUT2D eigenvalue weighted by molar-refractivity contribution is -0.131. The summed E-state index contributed by atoms with van der Waals surface area (Å²) in [6, 6.07) is 6.32. The molecular weight excluding hydrogens is 376 g/mol. The van der Waals surface area contributed by atoms with E-state index in [0.29, 0.717) is 24.5 Å². The van der Waals surface area contributed by atoms with E-state index in [0.717, 1.165) is 47.5 Å². The quantitative estimate of drug-likeness (QED) is 0.371. The Balaban J connectivity index is 1.03. The highest BCUT2D eigenvalue weighted by Gasteiger charge is 2.67. The number of benzene rings is 1. The van der Waals surface area contributed by atoms with E-state index in [1.165, 1.54) is 43.7 Å². The third kappa shape index (κ3) is 2.83. The van der Waals surface area contributed by atoms with Gasteiger partial charge < -0.3 is 14.6 Å². The first-order chi connectivity index (χ1) is 14.7. The molecule has 0 amide bonds. The molecule has 158 valence electrons. The van der Waals surface area contributed by atoms with Gasteiger partial charge in [-0.3, -0.25) is 0 Å². The summed E-state index contributed by atoms with van der Waals surface area (Å²) in [5, 5.41) is 9.09. The van der Waals surface area contributed by atoms with Crippen molar-refractivity contribution in [1.82, 2.24) is 0 Å². The molecule has 0 saturated heterocycles. The van der Waals surface area contributed by atoms with Crippen LogP contribution in [-0.2, 0) is 11.2 Å². The number of unbranched alkanes of at least 4 members (excludes halogenated alkanes) is 2. The normalized spacial score (nSPS) is 38.9. The Bertz CT molecular complexity index is 902. The molecule has 4 heteroatoms. The summed E-state index contributed by atoms with van der Waals surface area (Å²) in [6.07, 6.45) is 15.9. The zero-order chi connectivity index (χ0) is 20.2. The van der Waals surface area contributed by atoms with Crippen molar-refractivity contribution in [3.8, 4) is 11.5 Å². The molecule has 7 rings (SSSR count). The van der Waals surface area contributed by atoms with Gasteiger partial charge in [0.15, 0.2) is 11.5 Å². The minimum Gasteiger partial charge on any atom is -0.478 e. The van der Waals surface area contributed by atoms with Gasteiger partial charge >= 0.3 is 5.97 Å². The van der Waals surface area contributed by atoms with Gasteiger partial charge in [0.25, 0.3) is 0 Å². The van der Waals surface area contributed by atoms with Crippen molar-refractivity contribution in [2.75, 3.05) is 6.79 Å². The molecule has 30 heavy (non-hydrogen) atoms. The summed E-state index contributed by atoms with van der Waals surface area (Å²) in [7, 11) is 0. The molecule has 8 unspecified atom stereocenters. The van der Waals surface area contributed by atoms with E-state index in [1.807, 2.05) is 12.1 Å². The fourth-order valence-electron chi connectivity index (χ4n) is 7.76. The predicted molar refractivity (Wildman–Crippen MR) is 113 cm³/mol. The van der Waals surface area contributed by atoms with Crippen LogP contribution in [0.25, 0.3) is 0 Å². The molecule has 5 aliphatic carbocycles. The number of carboxylic acid groups (broad SMARTS) is 1.